The van der Waals surface area contributed by atoms with Gasteiger partial charge in [0.05, 0.1) is 17.2 Å². The van der Waals surface area contributed by atoms with Gasteiger partial charge in [-0.2, -0.15) is 5.26 Å². The molecule has 0 spiro atoms. The average molecular weight is 342 g/mol. The summed E-state index contributed by atoms with van der Waals surface area (Å²) < 4.78 is 0. The quantitative estimate of drug-likeness (QED) is 0.574. The Morgan fingerprint density at radius 2 is 1.76 bits per heavy atom. The van der Waals surface area contributed by atoms with Crippen molar-refractivity contribution in [1.82, 2.24) is 15.5 Å². The van der Waals surface area contributed by atoms with Crippen LogP contribution in [0, 0.1) is 11.3 Å². The van der Waals surface area contributed by atoms with Gasteiger partial charge in [0, 0.05) is 24.7 Å². The zero-order chi connectivity index (χ0) is 18.6. The number of fused-ring (bicyclic) bond motifs is 1. The highest BCUT2D eigenvalue weighted by atomic mass is 16.2. The molecule has 0 saturated heterocycles. The minimum absolute atomic E-state index is 0.179. The number of imide groups is 1. The minimum atomic E-state index is -0.416. The van der Waals surface area contributed by atoms with E-state index in [1.807, 2.05) is 0 Å². The second-order valence-electron chi connectivity index (χ2n) is 5.78. The molecule has 1 aliphatic heterocycles. The molecule has 8 heteroatoms. The second-order valence-corrected chi connectivity index (χ2v) is 5.78. The van der Waals surface area contributed by atoms with E-state index in [1.54, 1.807) is 19.9 Å². The van der Waals surface area contributed by atoms with Crippen molar-refractivity contribution in [3.63, 3.8) is 0 Å². The van der Waals surface area contributed by atoms with Crippen LogP contribution in [0.1, 0.15) is 51.3 Å². The Balaban J connectivity index is 2.00. The van der Waals surface area contributed by atoms with Gasteiger partial charge >= 0.3 is 0 Å². The number of nitrogens with one attached hydrogen (secondary N) is 2. The smallest absolute Gasteiger partial charge is 0.261 e. The van der Waals surface area contributed by atoms with Gasteiger partial charge in [-0.3, -0.25) is 24.1 Å². The van der Waals surface area contributed by atoms with Gasteiger partial charge in [0.1, 0.15) is 6.42 Å². The summed E-state index contributed by atoms with van der Waals surface area (Å²) in [4.78, 5) is 48.9. The Kier molecular flexibility index (Phi) is 5.49. The van der Waals surface area contributed by atoms with Crippen molar-refractivity contribution in [2.24, 2.45) is 0 Å². The van der Waals surface area contributed by atoms with Gasteiger partial charge in [-0.25, -0.2) is 0 Å². The van der Waals surface area contributed by atoms with Crippen LogP contribution in [-0.4, -0.2) is 47.7 Å². The number of rotatable bonds is 6. The molecule has 2 rings (SSSR count). The molecule has 4 amide bonds. The van der Waals surface area contributed by atoms with E-state index in [9.17, 15) is 19.2 Å². The van der Waals surface area contributed by atoms with E-state index in [1.165, 1.54) is 18.2 Å². The lowest BCUT2D eigenvalue weighted by Crippen LogP contribution is -2.36. The molecule has 0 aliphatic carbocycles. The number of amides is 4. The average Bonchev–Trinajstić information content (AvgIpc) is 2.82. The maximum absolute atomic E-state index is 12.3. The van der Waals surface area contributed by atoms with E-state index < -0.39 is 17.7 Å². The summed E-state index contributed by atoms with van der Waals surface area (Å²) in [7, 11) is 0. The largest absolute Gasteiger partial charge is 0.353 e. The summed E-state index contributed by atoms with van der Waals surface area (Å²) in [5, 5.41) is 13.4. The highest BCUT2D eigenvalue weighted by Gasteiger charge is 2.37. The van der Waals surface area contributed by atoms with Crippen LogP contribution < -0.4 is 10.6 Å². The van der Waals surface area contributed by atoms with E-state index >= 15 is 0 Å². The van der Waals surface area contributed by atoms with E-state index in [-0.39, 0.29) is 42.6 Å². The van der Waals surface area contributed by atoms with Crippen molar-refractivity contribution in [3.05, 3.63) is 34.9 Å². The van der Waals surface area contributed by atoms with E-state index in [4.69, 9.17) is 5.26 Å². The number of nitrogens with zero attached hydrogens (tertiary/aromatic N) is 2. The van der Waals surface area contributed by atoms with E-state index in [0.717, 1.165) is 4.90 Å². The zero-order valence-electron chi connectivity index (χ0n) is 14.0. The van der Waals surface area contributed by atoms with Gasteiger partial charge in [-0.15, -0.1) is 0 Å². The molecule has 130 valence electrons. The Bertz CT molecular complexity index is 779. The molecule has 0 bridgehead atoms. The summed E-state index contributed by atoms with van der Waals surface area (Å²) in [6.07, 6.45) is -0.235. The summed E-state index contributed by atoms with van der Waals surface area (Å²) in [5.41, 5.74) is 0.765. The fourth-order valence-electron chi connectivity index (χ4n) is 2.48. The SMILES string of the molecule is CC(C)N1C(=O)c2ccc(C(=O)NCCNC(=O)CC#N)cc2C1=O. The number of nitriles is 1. The topological polar surface area (TPSA) is 119 Å². The Labute approximate surface area is 144 Å². The monoisotopic (exact) mass is 342 g/mol. The predicted octanol–water partition coefficient (Wildman–Crippen LogP) is 0.451. The summed E-state index contributed by atoms with van der Waals surface area (Å²) in [6, 6.07) is 5.82. The van der Waals surface area contributed by atoms with Crippen molar-refractivity contribution in [3.8, 4) is 6.07 Å². The van der Waals surface area contributed by atoms with Gasteiger partial charge in [0.2, 0.25) is 5.91 Å². The fraction of sp³-hybridized carbons (Fsp3) is 0.353. The van der Waals surface area contributed by atoms with Crippen molar-refractivity contribution in [2.75, 3.05) is 13.1 Å². The van der Waals surface area contributed by atoms with Crippen LogP contribution in [0.5, 0.6) is 0 Å². The third-order valence-corrected chi connectivity index (χ3v) is 3.67. The molecule has 1 heterocycles. The maximum atomic E-state index is 12.3. The van der Waals surface area contributed by atoms with E-state index in [2.05, 4.69) is 10.6 Å². The van der Waals surface area contributed by atoms with Crippen molar-refractivity contribution in [1.29, 1.82) is 5.26 Å². The third kappa shape index (κ3) is 3.83. The molecule has 0 radical (unpaired) electrons. The number of hydrogen-bond acceptors (Lipinski definition) is 5. The van der Waals surface area contributed by atoms with Crippen LogP contribution in [0.4, 0.5) is 0 Å². The van der Waals surface area contributed by atoms with Gasteiger partial charge in [-0.05, 0) is 32.0 Å². The van der Waals surface area contributed by atoms with Gasteiger partial charge < -0.3 is 10.6 Å². The Hall–Kier alpha value is -3.21. The molecule has 0 unspecified atom stereocenters. The van der Waals surface area contributed by atoms with Crippen LogP contribution in [0.15, 0.2) is 18.2 Å². The van der Waals surface area contributed by atoms with Crippen LogP contribution >= 0.6 is 0 Å². The Morgan fingerprint density at radius 3 is 2.40 bits per heavy atom. The third-order valence-electron chi connectivity index (χ3n) is 3.67. The molecule has 1 aromatic rings. The van der Waals surface area contributed by atoms with Crippen LogP contribution in [0.3, 0.4) is 0 Å². The first-order valence-corrected chi connectivity index (χ1v) is 7.80. The lowest BCUT2D eigenvalue weighted by Gasteiger charge is -2.17. The van der Waals surface area contributed by atoms with E-state index in [0.29, 0.717) is 5.56 Å². The van der Waals surface area contributed by atoms with Crippen LogP contribution in [0.2, 0.25) is 0 Å². The van der Waals surface area contributed by atoms with Gasteiger partial charge in [0.15, 0.2) is 0 Å². The zero-order valence-corrected chi connectivity index (χ0v) is 14.0. The lowest BCUT2D eigenvalue weighted by atomic mass is 10.1. The number of hydrogen-bond donors (Lipinski definition) is 2. The maximum Gasteiger partial charge on any atom is 0.261 e. The predicted molar refractivity (Wildman–Crippen MR) is 87.7 cm³/mol. The molecular weight excluding hydrogens is 324 g/mol. The minimum Gasteiger partial charge on any atom is -0.353 e. The summed E-state index contributed by atoms with van der Waals surface area (Å²) >= 11 is 0. The van der Waals surface area contributed by atoms with Gasteiger partial charge in [-0.1, -0.05) is 0 Å². The first-order chi connectivity index (χ1) is 11.9. The van der Waals surface area contributed by atoms with Gasteiger partial charge in [0.25, 0.3) is 17.7 Å². The summed E-state index contributed by atoms with van der Waals surface area (Å²) in [5.74, 6) is -1.59. The van der Waals surface area contributed by atoms with Crippen molar-refractivity contribution < 1.29 is 19.2 Å². The first-order valence-electron chi connectivity index (χ1n) is 7.80. The molecule has 1 aromatic carbocycles. The standard InChI is InChI=1S/C17H18N4O4/c1-10(2)21-16(24)12-4-3-11(9-13(12)17(21)25)15(23)20-8-7-19-14(22)5-6-18/h3-4,9-10H,5,7-8H2,1-2H3,(H,19,22)(H,20,23). The number of carbonyl (C=O) groups excluding carboxylic acids is 4. The van der Waals surface area contributed by atoms with Crippen molar-refractivity contribution >= 4 is 23.6 Å². The molecule has 25 heavy (non-hydrogen) atoms. The molecule has 0 atom stereocenters. The lowest BCUT2D eigenvalue weighted by molar-refractivity contribution is -0.120. The van der Waals surface area contributed by atoms with Crippen molar-refractivity contribution in [2.45, 2.75) is 26.3 Å². The second kappa shape index (κ2) is 7.57. The molecule has 1 aliphatic rings. The molecule has 0 aromatic heterocycles. The molecule has 2 N–H and O–H groups in total. The molecule has 8 nitrogen and oxygen atoms in total. The molecule has 0 fully saturated rings. The van der Waals surface area contributed by atoms with Crippen LogP contribution in [-0.2, 0) is 4.79 Å². The first kappa shape index (κ1) is 18.1. The number of benzene rings is 1. The highest BCUT2D eigenvalue weighted by molar-refractivity contribution is 6.22. The van der Waals surface area contributed by atoms with Crippen LogP contribution in [0.25, 0.3) is 0 Å². The number of carbonyl (C=O) groups is 4. The fourth-order valence-corrected chi connectivity index (χ4v) is 2.48. The Morgan fingerprint density at radius 1 is 1.12 bits per heavy atom. The molecule has 0 saturated carbocycles. The summed E-state index contributed by atoms with van der Waals surface area (Å²) in [6.45, 7) is 3.86. The highest BCUT2D eigenvalue weighted by Crippen LogP contribution is 2.25. The molecular formula is C17H18N4O4. The normalized spacial score (nSPS) is 12.8.